The molecule has 3 rings (SSSR count). The number of carbonyl (C=O) groups excluding carboxylic acids is 1. The van der Waals surface area contributed by atoms with Gasteiger partial charge in [0.2, 0.25) is 5.91 Å². The first-order valence-electron chi connectivity index (χ1n) is 8.20. The molecule has 0 saturated carbocycles. The van der Waals surface area contributed by atoms with Crippen LogP contribution in [0, 0.1) is 0 Å². The summed E-state index contributed by atoms with van der Waals surface area (Å²) >= 11 is 0. The van der Waals surface area contributed by atoms with Crippen molar-refractivity contribution >= 4 is 5.91 Å². The van der Waals surface area contributed by atoms with E-state index >= 15 is 0 Å². The van der Waals surface area contributed by atoms with E-state index in [1.165, 1.54) is 0 Å². The zero-order valence-corrected chi connectivity index (χ0v) is 13.5. The lowest BCUT2D eigenvalue weighted by Crippen LogP contribution is -2.48. The number of amides is 1. The highest BCUT2D eigenvalue weighted by molar-refractivity contribution is 5.76. The van der Waals surface area contributed by atoms with Gasteiger partial charge in [0.1, 0.15) is 6.61 Å². The van der Waals surface area contributed by atoms with Gasteiger partial charge in [-0.3, -0.25) is 9.69 Å². The number of morpholine rings is 1. The Morgan fingerprint density at radius 3 is 2.83 bits per heavy atom. The van der Waals surface area contributed by atoms with Gasteiger partial charge in [-0.25, -0.2) is 0 Å². The van der Waals surface area contributed by atoms with Gasteiger partial charge < -0.3 is 19.5 Å². The van der Waals surface area contributed by atoms with Crippen molar-refractivity contribution in [3.63, 3.8) is 0 Å². The molecule has 2 atom stereocenters. The normalized spacial score (nSPS) is 22.4. The predicted octanol–water partition coefficient (Wildman–Crippen LogP) is 1.05. The Labute approximate surface area is 136 Å². The van der Waals surface area contributed by atoms with Gasteiger partial charge >= 0.3 is 0 Å². The molecule has 0 aliphatic carbocycles. The SMILES string of the molecule is C[C@H](NC(=O)CCN1CCOCC1)[C@@H]1COc2ccccc2O1. The van der Waals surface area contributed by atoms with Crippen molar-refractivity contribution in [3.8, 4) is 11.5 Å². The van der Waals surface area contributed by atoms with Crippen LogP contribution in [-0.4, -0.2) is 62.4 Å². The largest absolute Gasteiger partial charge is 0.486 e. The van der Waals surface area contributed by atoms with Crippen molar-refractivity contribution in [2.45, 2.75) is 25.5 Å². The van der Waals surface area contributed by atoms with E-state index in [2.05, 4.69) is 10.2 Å². The minimum Gasteiger partial charge on any atom is -0.486 e. The number of ether oxygens (including phenoxy) is 3. The minimum absolute atomic E-state index is 0.0476. The number of nitrogens with one attached hydrogen (secondary N) is 1. The lowest BCUT2D eigenvalue weighted by Gasteiger charge is -2.31. The molecule has 6 heteroatoms. The van der Waals surface area contributed by atoms with Gasteiger partial charge in [-0.15, -0.1) is 0 Å². The molecule has 0 radical (unpaired) electrons. The monoisotopic (exact) mass is 320 g/mol. The average molecular weight is 320 g/mol. The van der Waals surface area contributed by atoms with Gasteiger partial charge in [-0.2, -0.15) is 0 Å². The van der Waals surface area contributed by atoms with Crippen molar-refractivity contribution in [2.24, 2.45) is 0 Å². The Bertz CT molecular complexity index is 531. The maximum atomic E-state index is 12.1. The summed E-state index contributed by atoms with van der Waals surface area (Å²) in [7, 11) is 0. The third-order valence-corrected chi connectivity index (χ3v) is 4.24. The average Bonchev–Trinajstić information content (AvgIpc) is 2.60. The maximum absolute atomic E-state index is 12.1. The first-order chi connectivity index (χ1) is 11.2. The molecule has 2 aliphatic rings. The summed E-state index contributed by atoms with van der Waals surface area (Å²) < 4.78 is 16.9. The smallest absolute Gasteiger partial charge is 0.221 e. The highest BCUT2D eigenvalue weighted by Gasteiger charge is 2.27. The fraction of sp³-hybridized carbons (Fsp3) is 0.588. The molecule has 0 aromatic heterocycles. The van der Waals surface area contributed by atoms with Crippen LogP contribution in [0.3, 0.4) is 0 Å². The van der Waals surface area contributed by atoms with Crippen LogP contribution < -0.4 is 14.8 Å². The van der Waals surface area contributed by atoms with Crippen LogP contribution in [0.4, 0.5) is 0 Å². The molecule has 1 fully saturated rings. The molecule has 1 aromatic carbocycles. The third kappa shape index (κ3) is 4.36. The minimum atomic E-state index is -0.169. The van der Waals surface area contributed by atoms with Crippen LogP contribution in [0.5, 0.6) is 11.5 Å². The molecule has 23 heavy (non-hydrogen) atoms. The van der Waals surface area contributed by atoms with E-state index < -0.39 is 0 Å². The van der Waals surface area contributed by atoms with E-state index in [0.717, 1.165) is 44.3 Å². The van der Waals surface area contributed by atoms with Gasteiger partial charge in [0.15, 0.2) is 17.6 Å². The number of para-hydroxylation sites is 2. The van der Waals surface area contributed by atoms with Crippen molar-refractivity contribution in [3.05, 3.63) is 24.3 Å². The quantitative estimate of drug-likeness (QED) is 0.879. The van der Waals surface area contributed by atoms with Crippen LogP contribution >= 0.6 is 0 Å². The first-order valence-corrected chi connectivity index (χ1v) is 8.20. The fourth-order valence-corrected chi connectivity index (χ4v) is 2.79. The van der Waals surface area contributed by atoms with Gasteiger partial charge in [0.25, 0.3) is 0 Å². The van der Waals surface area contributed by atoms with Crippen LogP contribution in [0.15, 0.2) is 24.3 Å². The van der Waals surface area contributed by atoms with Crippen LogP contribution in [-0.2, 0) is 9.53 Å². The van der Waals surface area contributed by atoms with Crippen molar-refractivity contribution in [1.82, 2.24) is 10.2 Å². The summed E-state index contributed by atoms with van der Waals surface area (Å²) in [5.74, 6) is 1.54. The van der Waals surface area contributed by atoms with Gasteiger partial charge in [0, 0.05) is 26.1 Å². The number of rotatable bonds is 5. The number of fused-ring (bicyclic) bond motifs is 1. The van der Waals surface area contributed by atoms with Crippen molar-refractivity contribution in [2.75, 3.05) is 39.5 Å². The Morgan fingerprint density at radius 1 is 1.30 bits per heavy atom. The van der Waals surface area contributed by atoms with Crippen molar-refractivity contribution in [1.29, 1.82) is 0 Å². The molecule has 1 saturated heterocycles. The van der Waals surface area contributed by atoms with E-state index in [-0.39, 0.29) is 18.1 Å². The summed E-state index contributed by atoms with van der Waals surface area (Å²) in [6.45, 7) is 6.48. The predicted molar refractivity (Wildman–Crippen MR) is 85.8 cm³/mol. The van der Waals surface area contributed by atoms with E-state index in [1.54, 1.807) is 0 Å². The standard InChI is InChI=1S/C17H24N2O4/c1-13(16-12-22-14-4-2-3-5-15(14)23-16)18-17(20)6-7-19-8-10-21-11-9-19/h2-5,13,16H,6-12H2,1H3,(H,18,20)/t13-,16-/m0/s1. The van der Waals surface area contributed by atoms with E-state index in [0.29, 0.717) is 13.0 Å². The number of carbonyl (C=O) groups is 1. The molecule has 1 N–H and O–H groups in total. The molecule has 2 heterocycles. The highest BCUT2D eigenvalue weighted by atomic mass is 16.6. The highest BCUT2D eigenvalue weighted by Crippen LogP contribution is 2.31. The summed E-state index contributed by atoms with van der Waals surface area (Å²) in [4.78, 5) is 14.4. The lowest BCUT2D eigenvalue weighted by molar-refractivity contribution is -0.123. The second-order valence-electron chi connectivity index (χ2n) is 5.97. The summed E-state index contributed by atoms with van der Waals surface area (Å²) in [5, 5.41) is 3.02. The molecule has 1 amide bonds. The molecule has 6 nitrogen and oxygen atoms in total. The Kier molecular flexibility index (Phi) is 5.35. The zero-order valence-electron chi connectivity index (χ0n) is 13.5. The Hall–Kier alpha value is -1.79. The number of benzene rings is 1. The van der Waals surface area contributed by atoms with Crippen LogP contribution in [0.25, 0.3) is 0 Å². The van der Waals surface area contributed by atoms with E-state index in [4.69, 9.17) is 14.2 Å². The fourth-order valence-electron chi connectivity index (χ4n) is 2.79. The Morgan fingerprint density at radius 2 is 2.04 bits per heavy atom. The second-order valence-corrected chi connectivity index (χ2v) is 5.97. The molecule has 0 unspecified atom stereocenters. The molecular formula is C17H24N2O4. The molecular weight excluding hydrogens is 296 g/mol. The van der Waals surface area contributed by atoms with Crippen LogP contribution in [0.2, 0.25) is 0 Å². The number of hydrogen-bond acceptors (Lipinski definition) is 5. The molecule has 1 aromatic rings. The maximum Gasteiger partial charge on any atom is 0.221 e. The third-order valence-electron chi connectivity index (χ3n) is 4.24. The van der Waals surface area contributed by atoms with Gasteiger partial charge in [0.05, 0.1) is 19.3 Å². The Balaban J connectivity index is 1.43. The lowest BCUT2D eigenvalue weighted by atomic mass is 10.1. The van der Waals surface area contributed by atoms with Gasteiger partial charge in [-0.05, 0) is 19.1 Å². The zero-order chi connectivity index (χ0) is 16.1. The first kappa shape index (κ1) is 16.1. The molecule has 0 bridgehead atoms. The molecule has 0 spiro atoms. The molecule has 2 aliphatic heterocycles. The number of hydrogen-bond donors (Lipinski definition) is 1. The topological polar surface area (TPSA) is 60.0 Å². The van der Waals surface area contributed by atoms with Gasteiger partial charge in [-0.1, -0.05) is 12.1 Å². The second kappa shape index (κ2) is 7.66. The summed E-state index contributed by atoms with van der Waals surface area (Å²) in [6.07, 6.45) is 0.325. The van der Waals surface area contributed by atoms with E-state index in [1.807, 2.05) is 31.2 Å². The number of nitrogens with zero attached hydrogens (tertiary/aromatic N) is 1. The summed E-state index contributed by atoms with van der Waals surface area (Å²) in [5.41, 5.74) is 0. The van der Waals surface area contributed by atoms with Crippen molar-refractivity contribution < 1.29 is 19.0 Å². The van der Waals surface area contributed by atoms with Crippen LogP contribution in [0.1, 0.15) is 13.3 Å². The molecule has 126 valence electrons. The van der Waals surface area contributed by atoms with E-state index in [9.17, 15) is 4.79 Å². The summed E-state index contributed by atoms with van der Waals surface area (Å²) in [6, 6.07) is 7.50.